The van der Waals surface area contributed by atoms with E-state index in [1.54, 1.807) is 14.2 Å². The van der Waals surface area contributed by atoms with Gasteiger partial charge in [-0.1, -0.05) is 30.3 Å². The Kier molecular flexibility index (Phi) is 5.66. The molecule has 1 aliphatic rings. The van der Waals surface area contributed by atoms with Crippen LogP contribution < -0.4 is 20.1 Å². The molecule has 0 aliphatic heterocycles. The van der Waals surface area contributed by atoms with Crippen LogP contribution in [0.2, 0.25) is 0 Å². The highest BCUT2D eigenvalue weighted by molar-refractivity contribution is 5.94. The average molecular weight is 353 g/mol. The first kappa shape index (κ1) is 18.1. The molecular weight excluding hydrogens is 326 g/mol. The summed E-state index contributed by atoms with van der Waals surface area (Å²) in [5.41, 5.74) is 2.54. The zero-order chi connectivity index (χ0) is 18.4. The summed E-state index contributed by atoms with van der Waals surface area (Å²) in [4.78, 5) is 4.35. The number of aliphatic imine (C=N–C) groups is 1. The number of benzene rings is 2. The molecule has 0 amide bonds. The number of methoxy groups -OCH3 is 1. The van der Waals surface area contributed by atoms with E-state index in [-0.39, 0.29) is 5.41 Å². The van der Waals surface area contributed by atoms with Crippen molar-refractivity contribution in [2.75, 3.05) is 32.6 Å². The van der Waals surface area contributed by atoms with E-state index in [0.29, 0.717) is 6.61 Å². The van der Waals surface area contributed by atoms with Gasteiger partial charge in [0.05, 0.1) is 13.7 Å². The predicted octanol–water partition coefficient (Wildman–Crippen LogP) is 3.81. The number of hydrogen-bond acceptors (Lipinski definition) is 3. The Hall–Kier alpha value is -2.69. The second-order valence-electron chi connectivity index (χ2n) is 6.50. The molecule has 138 valence electrons. The fourth-order valence-corrected chi connectivity index (χ4v) is 3.10. The van der Waals surface area contributed by atoms with E-state index < -0.39 is 0 Å². The van der Waals surface area contributed by atoms with Crippen LogP contribution in [0.4, 0.5) is 5.69 Å². The van der Waals surface area contributed by atoms with Gasteiger partial charge in [0, 0.05) is 30.8 Å². The van der Waals surface area contributed by atoms with Crippen LogP contribution in [-0.2, 0) is 5.41 Å². The lowest BCUT2D eigenvalue weighted by Gasteiger charge is -2.19. The topological polar surface area (TPSA) is 54.9 Å². The van der Waals surface area contributed by atoms with Gasteiger partial charge in [0.1, 0.15) is 0 Å². The van der Waals surface area contributed by atoms with Gasteiger partial charge in [-0.15, -0.1) is 0 Å². The normalized spacial score (nSPS) is 15.3. The number of guanidine groups is 1. The smallest absolute Gasteiger partial charge is 0.195 e. The van der Waals surface area contributed by atoms with Crippen LogP contribution in [0.1, 0.15) is 25.3 Å². The van der Waals surface area contributed by atoms with Crippen molar-refractivity contribution < 1.29 is 9.47 Å². The van der Waals surface area contributed by atoms with E-state index >= 15 is 0 Å². The van der Waals surface area contributed by atoms with Crippen LogP contribution >= 0.6 is 0 Å². The third kappa shape index (κ3) is 4.10. The molecule has 0 radical (unpaired) electrons. The van der Waals surface area contributed by atoms with Gasteiger partial charge < -0.3 is 20.1 Å². The first-order valence-electron chi connectivity index (χ1n) is 9.05. The third-order valence-corrected chi connectivity index (χ3v) is 4.78. The SMILES string of the molecule is CCOc1cc(NC(=NC)NCC2(c3ccccc3)CC2)ccc1OC. The first-order valence-corrected chi connectivity index (χ1v) is 9.05. The molecule has 0 unspecified atom stereocenters. The summed E-state index contributed by atoms with van der Waals surface area (Å²) in [5.74, 6) is 2.19. The highest BCUT2D eigenvalue weighted by atomic mass is 16.5. The molecule has 2 N–H and O–H groups in total. The lowest BCUT2D eigenvalue weighted by atomic mass is 9.96. The number of rotatable bonds is 7. The molecule has 0 heterocycles. The minimum absolute atomic E-state index is 0.231. The minimum Gasteiger partial charge on any atom is -0.493 e. The number of anilines is 1. The van der Waals surface area contributed by atoms with Crippen molar-refractivity contribution in [3.63, 3.8) is 0 Å². The molecule has 0 atom stereocenters. The molecule has 0 spiro atoms. The Labute approximate surface area is 155 Å². The molecule has 0 aromatic heterocycles. The van der Waals surface area contributed by atoms with Crippen molar-refractivity contribution in [1.29, 1.82) is 0 Å². The van der Waals surface area contributed by atoms with E-state index in [0.717, 1.165) is 29.7 Å². The molecule has 1 aliphatic carbocycles. The summed E-state index contributed by atoms with van der Waals surface area (Å²) in [7, 11) is 3.43. The molecule has 1 fully saturated rings. The Bertz CT molecular complexity index is 755. The quantitative estimate of drug-likeness (QED) is 0.587. The Morgan fingerprint density at radius 3 is 2.50 bits per heavy atom. The fourth-order valence-electron chi connectivity index (χ4n) is 3.10. The fraction of sp³-hybridized carbons (Fsp3) is 0.381. The summed E-state index contributed by atoms with van der Waals surface area (Å²) in [6.45, 7) is 3.41. The van der Waals surface area contributed by atoms with Crippen LogP contribution in [0.25, 0.3) is 0 Å². The van der Waals surface area contributed by atoms with Gasteiger partial charge >= 0.3 is 0 Å². The summed E-state index contributed by atoms with van der Waals surface area (Å²) < 4.78 is 11.0. The molecule has 5 heteroatoms. The molecule has 0 saturated heterocycles. The van der Waals surface area contributed by atoms with E-state index in [1.165, 1.54) is 18.4 Å². The average Bonchev–Trinajstić information content (AvgIpc) is 3.47. The number of nitrogens with zero attached hydrogens (tertiary/aromatic N) is 1. The second-order valence-corrected chi connectivity index (χ2v) is 6.50. The number of ether oxygens (including phenoxy) is 2. The molecule has 26 heavy (non-hydrogen) atoms. The molecule has 2 aromatic carbocycles. The van der Waals surface area contributed by atoms with E-state index in [1.807, 2.05) is 25.1 Å². The molecule has 5 nitrogen and oxygen atoms in total. The molecule has 3 rings (SSSR count). The zero-order valence-corrected chi connectivity index (χ0v) is 15.7. The maximum absolute atomic E-state index is 5.64. The summed E-state index contributed by atoms with van der Waals surface area (Å²) in [6.07, 6.45) is 2.41. The predicted molar refractivity (Wildman–Crippen MR) is 107 cm³/mol. The minimum atomic E-state index is 0.231. The zero-order valence-electron chi connectivity index (χ0n) is 15.7. The van der Waals surface area contributed by atoms with Crippen molar-refractivity contribution in [3.8, 4) is 11.5 Å². The van der Waals surface area contributed by atoms with Gasteiger partial charge in [0.15, 0.2) is 17.5 Å². The van der Waals surface area contributed by atoms with Crippen LogP contribution in [0, 0.1) is 0 Å². The largest absolute Gasteiger partial charge is 0.493 e. The van der Waals surface area contributed by atoms with Crippen molar-refractivity contribution in [3.05, 3.63) is 54.1 Å². The van der Waals surface area contributed by atoms with Crippen molar-refractivity contribution >= 4 is 11.6 Å². The van der Waals surface area contributed by atoms with Crippen LogP contribution in [0.3, 0.4) is 0 Å². The van der Waals surface area contributed by atoms with Gasteiger partial charge in [0.2, 0.25) is 0 Å². The lowest BCUT2D eigenvalue weighted by molar-refractivity contribution is 0.311. The summed E-state index contributed by atoms with van der Waals surface area (Å²) in [5, 5.41) is 6.80. The van der Waals surface area contributed by atoms with Gasteiger partial charge in [-0.3, -0.25) is 4.99 Å². The van der Waals surface area contributed by atoms with Crippen molar-refractivity contribution in [1.82, 2.24) is 5.32 Å². The van der Waals surface area contributed by atoms with Crippen LogP contribution in [-0.4, -0.2) is 33.3 Å². The first-order chi connectivity index (χ1) is 12.7. The van der Waals surface area contributed by atoms with Gasteiger partial charge in [0.25, 0.3) is 0 Å². The number of nitrogens with one attached hydrogen (secondary N) is 2. The monoisotopic (exact) mass is 353 g/mol. The lowest BCUT2D eigenvalue weighted by Crippen LogP contribution is -2.36. The Morgan fingerprint density at radius 1 is 1.12 bits per heavy atom. The Balaban J connectivity index is 1.65. The van der Waals surface area contributed by atoms with Gasteiger partial charge in [-0.25, -0.2) is 0 Å². The summed E-state index contributed by atoms with van der Waals surface area (Å²) >= 11 is 0. The van der Waals surface area contributed by atoms with E-state index in [2.05, 4.69) is 46.0 Å². The van der Waals surface area contributed by atoms with Crippen molar-refractivity contribution in [2.24, 2.45) is 4.99 Å². The molecule has 0 bridgehead atoms. The van der Waals surface area contributed by atoms with E-state index in [9.17, 15) is 0 Å². The molecule has 2 aromatic rings. The standard InChI is InChI=1S/C21H27N3O2/c1-4-26-19-14-17(10-11-18(19)25-3)24-20(22-2)23-15-21(12-13-21)16-8-6-5-7-9-16/h5-11,14H,4,12-13,15H2,1-3H3,(H2,22,23,24). The highest BCUT2D eigenvalue weighted by Gasteiger charge is 2.44. The van der Waals surface area contributed by atoms with Crippen molar-refractivity contribution in [2.45, 2.75) is 25.2 Å². The summed E-state index contributed by atoms with van der Waals surface area (Å²) in [6, 6.07) is 16.5. The highest BCUT2D eigenvalue weighted by Crippen LogP contribution is 2.47. The second kappa shape index (κ2) is 8.13. The van der Waals surface area contributed by atoms with Gasteiger partial charge in [-0.05, 0) is 37.5 Å². The van der Waals surface area contributed by atoms with Gasteiger partial charge in [-0.2, -0.15) is 0 Å². The number of hydrogen-bond donors (Lipinski definition) is 2. The Morgan fingerprint density at radius 2 is 1.88 bits per heavy atom. The maximum atomic E-state index is 5.64. The molecule has 1 saturated carbocycles. The van der Waals surface area contributed by atoms with Crippen LogP contribution in [0.5, 0.6) is 11.5 Å². The maximum Gasteiger partial charge on any atom is 0.195 e. The third-order valence-electron chi connectivity index (χ3n) is 4.78. The van der Waals surface area contributed by atoms with E-state index in [4.69, 9.17) is 9.47 Å². The molecular formula is C21H27N3O2. The van der Waals surface area contributed by atoms with Crippen LogP contribution in [0.15, 0.2) is 53.5 Å².